The van der Waals surface area contributed by atoms with Crippen LogP contribution in [0.25, 0.3) is 0 Å². The molecule has 0 heterocycles. The highest BCUT2D eigenvalue weighted by Crippen LogP contribution is 2.22. The van der Waals surface area contributed by atoms with E-state index < -0.39 is 10.0 Å². The Balaban J connectivity index is 2.71. The van der Waals surface area contributed by atoms with Crippen LogP contribution in [-0.2, 0) is 10.0 Å². The van der Waals surface area contributed by atoms with Crippen molar-refractivity contribution in [2.75, 3.05) is 31.9 Å². The fourth-order valence-electron chi connectivity index (χ4n) is 2.26. The Kier molecular flexibility index (Phi) is 6.64. The highest BCUT2D eigenvalue weighted by Gasteiger charge is 2.18. The van der Waals surface area contributed by atoms with E-state index in [4.69, 9.17) is 5.73 Å². The van der Waals surface area contributed by atoms with Crippen LogP contribution in [0.5, 0.6) is 0 Å². The van der Waals surface area contributed by atoms with Gasteiger partial charge >= 0.3 is 0 Å². The second-order valence-corrected chi connectivity index (χ2v) is 6.97. The molecule has 6 heteroatoms. The zero-order chi connectivity index (χ0) is 16.0. The van der Waals surface area contributed by atoms with Crippen molar-refractivity contribution in [2.45, 2.75) is 39.0 Å². The van der Waals surface area contributed by atoms with Crippen LogP contribution in [0.2, 0.25) is 0 Å². The summed E-state index contributed by atoms with van der Waals surface area (Å²) in [7, 11) is -3.50. The van der Waals surface area contributed by atoms with Gasteiger partial charge in [0.1, 0.15) is 0 Å². The summed E-state index contributed by atoms with van der Waals surface area (Å²) in [6.45, 7) is 11.2. The summed E-state index contributed by atoms with van der Waals surface area (Å²) in [5.74, 6) is 0. The fraction of sp³-hybridized carbons (Fsp3) is 0.600. The monoisotopic (exact) mass is 313 g/mol. The van der Waals surface area contributed by atoms with Crippen molar-refractivity contribution in [3.05, 3.63) is 23.3 Å². The first kappa shape index (κ1) is 17.9. The SMILES string of the molecule is CCN(CC)CCCNS(=O)(=O)c1cc(N)cc(C)c1C. The number of nitrogens with one attached hydrogen (secondary N) is 1. The molecule has 0 aliphatic rings. The van der Waals surface area contributed by atoms with Crippen LogP contribution in [0.15, 0.2) is 17.0 Å². The summed E-state index contributed by atoms with van der Waals surface area (Å²) in [6, 6.07) is 3.31. The molecule has 0 unspecified atom stereocenters. The van der Waals surface area contributed by atoms with E-state index in [1.807, 2.05) is 6.92 Å². The van der Waals surface area contributed by atoms with Crippen molar-refractivity contribution < 1.29 is 8.42 Å². The van der Waals surface area contributed by atoms with Gasteiger partial charge in [-0.1, -0.05) is 13.8 Å². The number of anilines is 1. The molecule has 0 bridgehead atoms. The van der Waals surface area contributed by atoms with E-state index >= 15 is 0 Å². The third-order valence-corrected chi connectivity index (χ3v) is 5.36. The molecule has 0 saturated carbocycles. The Morgan fingerprint density at radius 2 is 1.81 bits per heavy atom. The molecule has 120 valence electrons. The number of nitrogen functional groups attached to an aromatic ring is 1. The Labute approximate surface area is 128 Å². The third-order valence-electron chi connectivity index (χ3n) is 3.77. The van der Waals surface area contributed by atoms with E-state index in [0.29, 0.717) is 12.2 Å². The van der Waals surface area contributed by atoms with Gasteiger partial charge in [-0.05, 0) is 63.2 Å². The smallest absolute Gasteiger partial charge is 0.240 e. The maximum atomic E-state index is 12.4. The van der Waals surface area contributed by atoms with Crippen LogP contribution in [0.4, 0.5) is 5.69 Å². The summed E-state index contributed by atoms with van der Waals surface area (Å²) in [5.41, 5.74) is 7.87. The topological polar surface area (TPSA) is 75.4 Å². The lowest BCUT2D eigenvalue weighted by Crippen LogP contribution is -2.30. The van der Waals surface area contributed by atoms with Crippen molar-refractivity contribution in [1.82, 2.24) is 9.62 Å². The summed E-state index contributed by atoms with van der Waals surface area (Å²) >= 11 is 0. The first-order valence-electron chi connectivity index (χ1n) is 7.40. The van der Waals surface area contributed by atoms with Gasteiger partial charge in [0, 0.05) is 12.2 Å². The Morgan fingerprint density at radius 1 is 1.19 bits per heavy atom. The first-order chi connectivity index (χ1) is 9.81. The number of nitrogens with zero attached hydrogens (tertiary/aromatic N) is 1. The molecule has 0 aromatic heterocycles. The van der Waals surface area contributed by atoms with Gasteiger partial charge in [0.05, 0.1) is 4.90 Å². The predicted molar refractivity (Wildman–Crippen MR) is 87.9 cm³/mol. The molecule has 0 atom stereocenters. The zero-order valence-corrected chi connectivity index (χ0v) is 14.3. The fourth-order valence-corrected chi connectivity index (χ4v) is 3.68. The van der Waals surface area contributed by atoms with Crippen LogP contribution in [0, 0.1) is 13.8 Å². The Morgan fingerprint density at radius 3 is 2.38 bits per heavy atom. The van der Waals surface area contributed by atoms with Gasteiger partial charge in [-0.2, -0.15) is 0 Å². The number of rotatable bonds is 8. The molecule has 0 spiro atoms. The molecule has 0 aliphatic carbocycles. The Bertz CT molecular complexity index is 567. The summed E-state index contributed by atoms with van der Waals surface area (Å²) in [4.78, 5) is 2.55. The molecule has 0 aliphatic heterocycles. The molecule has 0 saturated heterocycles. The molecular weight excluding hydrogens is 286 g/mol. The molecular formula is C15H27N3O2S. The second-order valence-electron chi connectivity index (χ2n) is 5.24. The number of benzene rings is 1. The molecule has 1 aromatic rings. The average molecular weight is 313 g/mol. The van der Waals surface area contributed by atoms with E-state index in [2.05, 4.69) is 23.5 Å². The molecule has 0 amide bonds. The van der Waals surface area contributed by atoms with Crippen LogP contribution >= 0.6 is 0 Å². The molecule has 3 N–H and O–H groups in total. The van der Waals surface area contributed by atoms with Crippen LogP contribution < -0.4 is 10.5 Å². The van der Waals surface area contributed by atoms with Crippen LogP contribution in [0.1, 0.15) is 31.4 Å². The molecule has 0 fully saturated rings. The number of sulfonamides is 1. The largest absolute Gasteiger partial charge is 0.399 e. The zero-order valence-electron chi connectivity index (χ0n) is 13.4. The molecule has 21 heavy (non-hydrogen) atoms. The molecule has 1 aromatic carbocycles. The van der Waals surface area contributed by atoms with E-state index in [1.54, 1.807) is 13.0 Å². The van der Waals surface area contributed by atoms with Gasteiger partial charge < -0.3 is 10.6 Å². The van der Waals surface area contributed by atoms with Gasteiger partial charge in [0.25, 0.3) is 0 Å². The van der Waals surface area contributed by atoms with Gasteiger partial charge in [0.2, 0.25) is 10.0 Å². The molecule has 5 nitrogen and oxygen atoms in total. The lowest BCUT2D eigenvalue weighted by Gasteiger charge is -2.18. The minimum absolute atomic E-state index is 0.280. The second kappa shape index (κ2) is 7.77. The minimum atomic E-state index is -3.50. The third kappa shape index (κ3) is 4.98. The van der Waals surface area contributed by atoms with Gasteiger partial charge in [-0.3, -0.25) is 0 Å². The van der Waals surface area contributed by atoms with Crippen molar-refractivity contribution in [2.24, 2.45) is 0 Å². The highest BCUT2D eigenvalue weighted by molar-refractivity contribution is 7.89. The highest BCUT2D eigenvalue weighted by atomic mass is 32.2. The van der Waals surface area contributed by atoms with Crippen molar-refractivity contribution in [3.8, 4) is 0 Å². The summed E-state index contributed by atoms with van der Waals surface area (Å²) in [5, 5.41) is 0. The predicted octanol–water partition coefficient (Wildman–Crippen LogP) is 1.90. The van der Waals surface area contributed by atoms with Crippen molar-refractivity contribution in [3.63, 3.8) is 0 Å². The maximum absolute atomic E-state index is 12.4. The van der Waals surface area contributed by atoms with Gasteiger partial charge in [0.15, 0.2) is 0 Å². The van der Waals surface area contributed by atoms with E-state index in [1.165, 1.54) is 6.07 Å². The Hall–Kier alpha value is -1.11. The maximum Gasteiger partial charge on any atom is 0.240 e. The molecule has 1 rings (SSSR count). The number of hydrogen-bond acceptors (Lipinski definition) is 4. The standard InChI is InChI=1S/C15H27N3O2S/c1-5-18(6-2)9-7-8-17-21(19,20)15-11-14(16)10-12(3)13(15)4/h10-11,17H,5-9,16H2,1-4H3. The molecule has 0 radical (unpaired) electrons. The van der Waals surface area contributed by atoms with E-state index in [-0.39, 0.29) is 4.90 Å². The van der Waals surface area contributed by atoms with Crippen molar-refractivity contribution >= 4 is 15.7 Å². The number of aryl methyl sites for hydroxylation is 1. The van der Waals surface area contributed by atoms with E-state index in [0.717, 1.165) is 37.2 Å². The van der Waals surface area contributed by atoms with Gasteiger partial charge in [-0.25, -0.2) is 13.1 Å². The van der Waals surface area contributed by atoms with Crippen LogP contribution in [0.3, 0.4) is 0 Å². The summed E-state index contributed by atoms with van der Waals surface area (Å²) < 4.78 is 27.4. The van der Waals surface area contributed by atoms with Crippen LogP contribution in [-0.4, -0.2) is 39.5 Å². The number of nitrogens with two attached hydrogens (primary N) is 1. The lowest BCUT2D eigenvalue weighted by molar-refractivity contribution is 0.300. The first-order valence-corrected chi connectivity index (χ1v) is 8.88. The van der Waals surface area contributed by atoms with Gasteiger partial charge in [-0.15, -0.1) is 0 Å². The normalized spacial score (nSPS) is 12.0. The number of hydrogen-bond donors (Lipinski definition) is 2. The lowest BCUT2D eigenvalue weighted by atomic mass is 10.1. The van der Waals surface area contributed by atoms with Crippen molar-refractivity contribution in [1.29, 1.82) is 0 Å². The quantitative estimate of drug-likeness (QED) is 0.568. The average Bonchev–Trinajstić information content (AvgIpc) is 2.43. The van der Waals surface area contributed by atoms with E-state index in [9.17, 15) is 8.42 Å². The summed E-state index contributed by atoms with van der Waals surface area (Å²) in [6.07, 6.45) is 0.793. The minimum Gasteiger partial charge on any atom is -0.399 e.